The van der Waals surface area contributed by atoms with Crippen molar-refractivity contribution in [2.24, 2.45) is 0 Å². The molecule has 2 fully saturated rings. The molecule has 180 valence electrons. The highest BCUT2D eigenvalue weighted by Gasteiger charge is 2.44. The zero-order valence-corrected chi connectivity index (χ0v) is 19.2. The lowest BCUT2D eigenvalue weighted by Crippen LogP contribution is -2.55. The van der Waals surface area contributed by atoms with Gasteiger partial charge in [0.2, 0.25) is 0 Å². The molecular formula is C26H34O7. The third-order valence-electron chi connectivity index (χ3n) is 6.72. The van der Waals surface area contributed by atoms with Gasteiger partial charge in [-0.2, -0.15) is 0 Å². The van der Waals surface area contributed by atoms with Crippen LogP contribution >= 0.6 is 0 Å². The molecule has 4 rings (SSSR count). The highest BCUT2D eigenvalue weighted by Crippen LogP contribution is 2.37. The van der Waals surface area contributed by atoms with Gasteiger partial charge in [0, 0.05) is 6.42 Å². The van der Waals surface area contributed by atoms with Crippen LogP contribution in [0.5, 0.6) is 5.75 Å². The Kier molecular flexibility index (Phi) is 7.69. The van der Waals surface area contributed by atoms with Gasteiger partial charge in [-0.05, 0) is 53.6 Å². The molecule has 2 aromatic rings. The third kappa shape index (κ3) is 5.24. The van der Waals surface area contributed by atoms with Crippen molar-refractivity contribution < 1.29 is 34.6 Å². The van der Waals surface area contributed by atoms with Crippen molar-refractivity contribution in [2.45, 2.75) is 69.7 Å². The van der Waals surface area contributed by atoms with Crippen LogP contribution < -0.4 is 4.74 Å². The van der Waals surface area contributed by atoms with Gasteiger partial charge in [0.1, 0.15) is 42.4 Å². The van der Waals surface area contributed by atoms with Gasteiger partial charge in [-0.15, -0.1) is 0 Å². The van der Waals surface area contributed by atoms with Crippen LogP contribution in [-0.2, 0) is 22.3 Å². The summed E-state index contributed by atoms with van der Waals surface area (Å²) in [5.41, 5.74) is 5.07. The average Bonchev–Trinajstić information content (AvgIpc) is 3.34. The van der Waals surface area contributed by atoms with E-state index < -0.39 is 37.1 Å². The number of hydrogen-bond donors (Lipinski definition) is 4. The molecule has 0 amide bonds. The molecule has 2 heterocycles. The zero-order valence-electron chi connectivity index (χ0n) is 19.2. The maximum absolute atomic E-state index is 10.7. The third-order valence-corrected chi connectivity index (χ3v) is 6.72. The first kappa shape index (κ1) is 24.1. The molecule has 0 saturated carbocycles. The fourth-order valence-corrected chi connectivity index (χ4v) is 4.51. The molecule has 0 aliphatic carbocycles. The van der Waals surface area contributed by atoms with E-state index in [1.54, 1.807) is 0 Å². The van der Waals surface area contributed by atoms with Gasteiger partial charge in [-0.25, -0.2) is 0 Å². The standard InChI is InChI=1S/C26H34O7/c1-3-16-4-6-17(7-5-16)10-18-11-19(12-21(15(18)2)32-20-8-9-31-14-20)26-25(30)24(29)23(28)22(13-27)33-26/h4-7,11-12,20,22-30H,3,8-10,13-14H2,1-2H3/t20-,22?,23+,24-,25+,26-/m0/s1. The molecule has 2 aromatic carbocycles. The maximum atomic E-state index is 10.7. The highest BCUT2D eigenvalue weighted by molar-refractivity contribution is 5.46. The maximum Gasteiger partial charge on any atom is 0.124 e. The Morgan fingerprint density at radius 1 is 1.00 bits per heavy atom. The first-order valence-electron chi connectivity index (χ1n) is 11.7. The average molecular weight is 459 g/mol. The van der Waals surface area contributed by atoms with Crippen LogP contribution in [0.1, 0.15) is 47.3 Å². The van der Waals surface area contributed by atoms with Crippen LogP contribution in [0, 0.1) is 6.92 Å². The topological polar surface area (TPSA) is 109 Å². The molecule has 0 aromatic heterocycles. The summed E-state index contributed by atoms with van der Waals surface area (Å²) in [5, 5.41) is 40.7. The van der Waals surface area contributed by atoms with E-state index in [1.165, 1.54) is 5.56 Å². The van der Waals surface area contributed by atoms with Gasteiger partial charge < -0.3 is 34.6 Å². The van der Waals surface area contributed by atoms with E-state index >= 15 is 0 Å². The summed E-state index contributed by atoms with van der Waals surface area (Å²) in [5.74, 6) is 0.681. The summed E-state index contributed by atoms with van der Waals surface area (Å²) in [7, 11) is 0. The number of hydrogen-bond acceptors (Lipinski definition) is 7. The molecule has 33 heavy (non-hydrogen) atoms. The number of aryl methyl sites for hydroxylation is 1. The SMILES string of the molecule is CCc1ccc(Cc2cc([C@@H]3OC(CO)[C@@H](O)[C@H](O)[C@H]3O)cc(O[C@H]3CCOC3)c2C)cc1. The second kappa shape index (κ2) is 10.5. The molecule has 2 saturated heterocycles. The Labute approximate surface area is 194 Å². The first-order chi connectivity index (χ1) is 15.9. The number of aliphatic hydroxyl groups is 4. The Hall–Kier alpha value is -2.00. The zero-order chi connectivity index (χ0) is 23.5. The molecule has 1 unspecified atom stereocenters. The van der Waals surface area contributed by atoms with Crippen LogP contribution in [0.4, 0.5) is 0 Å². The number of rotatable bonds is 7. The Bertz CT molecular complexity index is 921. The minimum atomic E-state index is -1.43. The molecule has 2 aliphatic heterocycles. The van der Waals surface area contributed by atoms with E-state index in [0.717, 1.165) is 29.5 Å². The van der Waals surface area contributed by atoms with E-state index in [2.05, 4.69) is 31.2 Å². The van der Waals surface area contributed by atoms with Crippen LogP contribution in [0.15, 0.2) is 36.4 Å². The monoisotopic (exact) mass is 458 g/mol. The van der Waals surface area contributed by atoms with Crippen molar-refractivity contribution in [1.82, 2.24) is 0 Å². The van der Waals surface area contributed by atoms with Gasteiger partial charge in [0.25, 0.3) is 0 Å². The molecule has 0 radical (unpaired) electrons. The van der Waals surface area contributed by atoms with Crippen molar-refractivity contribution in [3.05, 3.63) is 64.2 Å². The van der Waals surface area contributed by atoms with Crippen LogP contribution in [0.2, 0.25) is 0 Å². The summed E-state index contributed by atoms with van der Waals surface area (Å²) in [6.07, 6.45) is -3.65. The van der Waals surface area contributed by atoms with Crippen LogP contribution in [-0.4, -0.2) is 70.8 Å². The summed E-state index contributed by atoms with van der Waals surface area (Å²) in [6.45, 7) is 4.86. The lowest BCUT2D eigenvalue weighted by molar-refractivity contribution is -0.231. The highest BCUT2D eigenvalue weighted by atomic mass is 16.6. The molecule has 2 aliphatic rings. The predicted octanol–water partition coefficient (Wildman–Crippen LogP) is 1.83. The molecule has 6 atom stereocenters. The molecule has 7 nitrogen and oxygen atoms in total. The van der Waals surface area contributed by atoms with Crippen molar-refractivity contribution >= 4 is 0 Å². The van der Waals surface area contributed by atoms with E-state index in [0.29, 0.717) is 30.9 Å². The van der Waals surface area contributed by atoms with Gasteiger partial charge in [-0.3, -0.25) is 0 Å². The van der Waals surface area contributed by atoms with E-state index in [9.17, 15) is 20.4 Å². The minimum absolute atomic E-state index is 0.0505. The predicted molar refractivity (Wildman–Crippen MR) is 122 cm³/mol. The molecule has 4 N–H and O–H groups in total. The molecular weight excluding hydrogens is 424 g/mol. The normalized spacial score (nSPS) is 29.9. The Balaban J connectivity index is 1.69. The van der Waals surface area contributed by atoms with E-state index in [1.807, 2.05) is 19.1 Å². The fourth-order valence-electron chi connectivity index (χ4n) is 4.51. The van der Waals surface area contributed by atoms with Crippen molar-refractivity contribution in [2.75, 3.05) is 19.8 Å². The summed E-state index contributed by atoms with van der Waals surface area (Å²) < 4.78 is 17.5. The van der Waals surface area contributed by atoms with Gasteiger partial charge >= 0.3 is 0 Å². The second-order valence-electron chi connectivity index (χ2n) is 9.00. The Morgan fingerprint density at radius 3 is 2.36 bits per heavy atom. The quantitative estimate of drug-likeness (QED) is 0.501. The van der Waals surface area contributed by atoms with Gasteiger partial charge in [0.15, 0.2) is 0 Å². The van der Waals surface area contributed by atoms with Gasteiger partial charge in [-0.1, -0.05) is 37.3 Å². The lowest BCUT2D eigenvalue weighted by Gasteiger charge is -2.40. The number of ether oxygens (including phenoxy) is 3. The minimum Gasteiger partial charge on any atom is -0.488 e. The van der Waals surface area contributed by atoms with E-state index in [-0.39, 0.29) is 6.10 Å². The lowest BCUT2D eigenvalue weighted by atomic mass is 9.88. The number of aliphatic hydroxyl groups excluding tert-OH is 4. The first-order valence-corrected chi connectivity index (χ1v) is 11.7. The Morgan fingerprint density at radius 2 is 1.73 bits per heavy atom. The summed E-state index contributed by atoms with van der Waals surface area (Å²) >= 11 is 0. The largest absolute Gasteiger partial charge is 0.488 e. The fraction of sp³-hybridized carbons (Fsp3) is 0.538. The van der Waals surface area contributed by atoms with Crippen molar-refractivity contribution in [3.8, 4) is 5.75 Å². The van der Waals surface area contributed by atoms with E-state index in [4.69, 9.17) is 14.2 Å². The number of benzene rings is 2. The second-order valence-corrected chi connectivity index (χ2v) is 9.00. The summed E-state index contributed by atoms with van der Waals surface area (Å²) in [6, 6.07) is 12.3. The molecule has 0 spiro atoms. The molecule has 0 bridgehead atoms. The van der Waals surface area contributed by atoms with Crippen LogP contribution in [0.3, 0.4) is 0 Å². The summed E-state index contributed by atoms with van der Waals surface area (Å²) in [4.78, 5) is 0. The smallest absolute Gasteiger partial charge is 0.124 e. The van der Waals surface area contributed by atoms with Crippen LogP contribution in [0.25, 0.3) is 0 Å². The molecule has 7 heteroatoms. The van der Waals surface area contributed by atoms with Gasteiger partial charge in [0.05, 0.1) is 19.8 Å². The van der Waals surface area contributed by atoms with Crippen molar-refractivity contribution in [1.29, 1.82) is 0 Å². The van der Waals surface area contributed by atoms with Crippen molar-refractivity contribution in [3.63, 3.8) is 0 Å².